The molecule has 1 saturated carbocycles. The van der Waals surface area contributed by atoms with Crippen LogP contribution in [0, 0.1) is 18.6 Å². The second-order valence-electron chi connectivity index (χ2n) is 5.48. The lowest BCUT2D eigenvalue weighted by Gasteiger charge is -2.08. The van der Waals surface area contributed by atoms with Gasteiger partial charge in [-0.15, -0.1) is 0 Å². The van der Waals surface area contributed by atoms with Crippen LogP contribution in [0.15, 0.2) is 24.3 Å². The Hall–Kier alpha value is -1.88. The molecule has 0 bridgehead atoms. The summed E-state index contributed by atoms with van der Waals surface area (Å²) in [6.45, 7) is 2.60. The molecule has 110 valence electrons. The SMILES string of the molecule is Cc1cc(CNC2CC2)nc(Cc2ccc(F)cc2F)n1. The van der Waals surface area contributed by atoms with Gasteiger partial charge in [0.05, 0.1) is 5.69 Å². The molecule has 1 fully saturated rings. The molecule has 2 aromatic rings. The Labute approximate surface area is 122 Å². The minimum absolute atomic E-state index is 0.268. The molecule has 1 aromatic carbocycles. The molecule has 3 nitrogen and oxygen atoms in total. The first-order valence-electron chi connectivity index (χ1n) is 7.11. The van der Waals surface area contributed by atoms with Crippen molar-refractivity contribution < 1.29 is 8.78 Å². The van der Waals surface area contributed by atoms with Crippen molar-refractivity contribution in [3.8, 4) is 0 Å². The van der Waals surface area contributed by atoms with Crippen molar-refractivity contribution in [1.29, 1.82) is 0 Å². The third-order valence-electron chi connectivity index (χ3n) is 3.47. The summed E-state index contributed by atoms with van der Waals surface area (Å²) in [6.07, 6.45) is 2.71. The molecule has 1 aliphatic carbocycles. The molecule has 1 heterocycles. The number of hydrogen-bond donors (Lipinski definition) is 1. The maximum absolute atomic E-state index is 13.7. The van der Waals surface area contributed by atoms with Crippen LogP contribution in [0.3, 0.4) is 0 Å². The maximum atomic E-state index is 13.7. The molecule has 0 unspecified atom stereocenters. The fourth-order valence-corrected chi connectivity index (χ4v) is 2.24. The highest BCUT2D eigenvalue weighted by molar-refractivity contribution is 5.23. The van der Waals surface area contributed by atoms with E-state index >= 15 is 0 Å². The molecular formula is C16H17F2N3. The molecule has 1 aromatic heterocycles. The Balaban J connectivity index is 1.77. The van der Waals surface area contributed by atoms with Crippen molar-refractivity contribution in [3.05, 3.63) is 58.7 Å². The van der Waals surface area contributed by atoms with Gasteiger partial charge in [0, 0.05) is 30.8 Å². The van der Waals surface area contributed by atoms with E-state index in [1.165, 1.54) is 25.0 Å². The Morgan fingerprint density at radius 3 is 2.71 bits per heavy atom. The Morgan fingerprint density at radius 2 is 2.00 bits per heavy atom. The second kappa shape index (κ2) is 5.85. The van der Waals surface area contributed by atoms with Crippen LogP contribution < -0.4 is 5.32 Å². The molecular weight excluding hydrogens is 272 g/mol. The van der Waals surface area contributed by atoms with Crippen molar-refractivity contribution in [2.45, 2.75) is 38.8 Å². The lowest BCUT2D eigenvalue weighted by Crippen LogP contribution is -2.17. The van der Waals surface area contributed by atoms with Gasteiger partial charge in [0.2, 0.25) is 0 Å². The summed E-state index contributed by atoms with van der Waals surface area (Å²) in [5, 5.41) is 3.40. The van der Waals surface area contributed by atoms with Gasteiger partial charge < -0.3 is 5.32 Å². The molecule has 0 spiro atoms. The zero-order chi connectivity index (χ0) is 14.8. The van der Waals surface area contributed by atoms with Crippen LogP contribution in [-0.2, 0) is 13.0 Å². The summed E-state index contributed by atoms with van der Waals surface area (Å²) >= 11 is 0. The monoisotopic (exact) mass is 289 g/mol. The smallest absolute Gasteiger partial charge is 0.133 e. The number of aromatic nitrogens is 2. The highest BCUT2D eigenvalue weighted by Crippen LogP contribution is 2.19. The lowest BCUT2D eigenvalue weighted by atomic mass is 10.1. The summed E-state index contributed by atoms with van der Waals surface area (Å²) in [7, 11) is 0. The van der Waals surface area contributed by atoms with Gasteiger partial charge in [0.1, 0.15) is 17.5 Å². The number of aryl methyl sites for hydroxylation is 1. The van der Waals surface area contributed by atoms with Gasteiger partial charge in [-0.3, -0.25) is 0 Å². The molecule has 0 aliphatic heterocycles. The van der Waals surface area contributed by atoms with E-state index in [1.807, 2.05) is 13.0 Å². The summed E-state index contributed by atoms with van der Waals surface area (Å²) in [5.74, 6) is -0.568. The van der Waals surface area contributed by atoms with Gasteiger partial charge in [-0.1, -0.05) is 6.07 Å². The Bertz CT molecular complexity index is 654. The number of benzene rings is 1. The topological polar surface area (TPSA) is 37.8 Å². The molecule has 5 heteroatoms. The lowest BCUT2D eigenvalue weighted by molar-refractivity contribution is 0.573. The number of nitrogens with one attached hydrogen (secondary N) is 1. The molecule has 0 saturated heterocycles. The summed E-state index contributed by atoms with van der Waals surface area (Å²) in [4.78, 5) is 8.79. The van der Waals surface area contributed by atoms with Gasteiger partial charge in [0.25, 0.3) is 0 Å². The summed E-state index contributed by atoms with van der Waals surface area (Å²) in [5.41, 5.74) is 2.17. The van der Waals surface area contributed by atoms with E-state index < -0.39 is 11.6 Å². The third kappa shape index (κ3) is 3.82. The van der Waals surface area contributed by atoms with E-state index in [9.17, 15) is 8.78 Å². The van der Waals surface area contributed by atoms with Crippen LogP contribution in [0.5, 0.6) is 0 Å². The van der Waals surface area contributed by atoms with E-state index in [0.717, 1.165) is 17.5 Å². The number of hydrogen-bond acceptors (Lipinski definition) is 3. The third-order valence-corrected chi connectivity index (χ3v) is 3.47. The molecule has 1 aliphatic rings. The largest absolute Gasteiger partial charge is 0.308 e. The molecule has 0 amide bonds. The highest BCUT2D eigenvalue weighted by atomic mass is 19.1. The Kier molecular flexibility index (Phi) is 3.92. The maximum Gasteiger partial charge on any atom is 0.133 e. The van der Waals surface area contributed by atoms with Crippen LogP contribution in [0.25, 0.3) is 0 Å². The van der Waals surface area contributed by atoms with Crippen LogP contribution in [0.2, 0.25) is 0 Å². The highest BCUT2D eigenvalue weighted by Gasteiger charge is 2.20. The number of nitrogens with zero attached hydrogens (tertiary/aromatic N) is 2. The van der Waals surface area contributed by atoms with E-state index in [4.69, 9.17) is 0 Å². The fraction of sp³-hybridized carbons (Fsp3) is 0.375. The normalized spacial score (nSPS) is 14.4. The van der Waals surface area contributed by atoms with E-state index in [1.54, 1.807) is 0 Å². The summed E-state index contributed by atoms with van der Waals surface area (Å²) in [6, 6.07) is 6.13. The van der Waals surface area contributed by atoms with Crippen molar-refractivity contribution in [2.24, 2.45) is 0 Å². The van der Waals surface area contributed by atoms with Gasteiger partial charge in [-0.2, -0.15) is 0 Å². The molecule has 0 atom stereocenters. The predicted molar refractivity (Wildman–Crippen MR) is 75.8 cm³/mol. The number of halogens is 2. The van der Waals surface area contributed by atoms with E-state index in [0.29, 0.717) is 24.0 Å². The van der Waals surface area contributed by atoms with Crippen molar-refractivity contribution >= 4 is 0 Å². The zero-order valence-corrected chi connectivity index (χ0v) is 11.9. The van der Waals surface area contributed by atoms with Crippen molar-refractivity contribution in [1.82, 2.24) is 15.3 Å². The summed E-state index contributed by atoms with van der Waals surface area (Å²) < 4.78 is 26.6. The van der Waals surface area contributed by atoms with Gasteiger partial charge >= 0.3 is 0 Å². The van der Waals surface area contributed by atoms with Gasteiger partial charge in [0.15, 0.2) is 0 Å². The first-order valence-corrected chi connectivity index (χ1v) is 7.11. The zero-order valence-electron chi connectivity index (χ0n) is 11.9. The molecule has 0 radical (unpaired) electrons. The average molecular weight is 289 g/mol. The Morgan fingerprint density at radius 1 is 1.19 bits per heavy atom. The van der Waals surface area contributed by atoms with Crippen LogP contribution in [0.4, 0.5) is 8.78 Å². The first kappa shape index (κ1) is 14.1. The molecule has 1 N–H and O–H groups in total. The van der Waals surface area contributed by atoms with Gasteiger partial charge in [-0.05, 0) is 37.5 Å². The average Bonchev–Trinajstić information content (AvgIpc) is 3.23. The van der Waals surface area contributed by atoms with Crippen LogP contribution in [0.1, 0.15) is 35.6 Å². The van der Waals surface area contributed by atoms with E-state index in [-0.39, 0.29) is 6.42 Å². The van der Waals surface area contributed by atoms with E-state index in [2.05, 4.69) is 15.3 Å². The van der Waals surface area contributed by atoms with Crippen molar-refractivity contribution in [3.63, 3.8) is 0 Å². The standard InChI is InChI=1S/C16H17F2N3/c1-10-6-14(9-19-13-4-5-13)21-16(20-10)7-11-2-3-12(17)8-15(11)18/h2-3,6,8,13,19H,4-5,7,9H2,1H3. The fourth-order valence-electron chi connectivity index (χ4n) is 2.24. The quantitative estimate of drug-likeness (QED) is 0.919. The molecule has 21 heavy (non-hydrogen) atoms. The predicted octanol–water partition coefficient (Wildman–Crippen LogP) is 2.91. The van der Waals surface area contributed by atoms with Crippen LogP contribution >= 0.6 is 0 Å². The van der Waals surface area contributed by atoms with Gasteiger partial charge in [-0.25, -0.2) is 18.7 Å². The second-order valence-corrected chi connectivity index (χ2v) is 5.48. The molecule has 3 rings (SSSR count). The minimum Gasteiger partial charge on any atom is -0.308 e. The van der Waals surface area contributed by atoms with Crippen molar-refractivity contribution in [2.75, 3.05) is 0 Å². The first-order chi connectivity index (χ1) is 10.1. The van der Waals surface area contributed by atoms with Crippen LogP contribution in [-0.4, -0.2) is 16.0 Å². The minimum atomic E-state index is -0.573. The number of rotatable bonds is 5.